The molecule has 1 saturated carbocycles. The molecule has 0 atom stereocenters. The van der Waals surface area contributed by atoms with Crippen molar-refractivity contribution in [2.45, 2.75) is 115 Å². The maximum absolute atomic E-state index is 10.2. The van der Waals surface area contributed by atoms with Crippen LogP contribution in [-0.4, -0.2) is 17.4 Å². The lowest BCUT2D eigenvalue weighted by Crippen LogP contribution is -2.42. The van der Waals surface area contributed by atoms with Crippen molar-refractivity contribution in [3.05, 3.63) is 0 Å². The van der Waals surface area contributed by atoms with E-state index in [-0.39, 0.29) is 0 Å². The first kappa shape index (κ1) is 19.0. The van der Waals surface area contributed by atoms with Crippen LogP contribution in [-0.2, 0) is 0 Å². The molecule has 0 bridgehead atoms. The average molecular weight is 298 g/mol. The normalized spacial score (nSPS) is 17.4. The molecular formula is C19H39NO. The fourth-order valence-corrected chi connectivity index (χ4v) is 3.42. The Labute approximate surface area is 133 Å². The number of hydrogen-bond acceptors (Lipinski definition) is 2. The Morgan fingerprint density at radius 3 is 1.62 bits per heavy atom. The summed E-state index contributed by atoms with van der Waals surface area (Å²) in [5.74, 6) is 0. The van der Waals surface area contributed by atoms with Crippen LogP contribution in [0.25, 0.3) is 0 Å². The van der Waals surface area contributed by atoms with E-state index in [1.807, 2.05) is 0 Å². The van der Waals surface area contributed by atoms with Gasteiger partial charge in [-0.05, 0) is 38.6 Å². The van der Waals surface area contributed by atoms with Gasteiger partial charge in [0, 0.05) is 0 Å². The number of unbranched alkanes of at least 4 members (excludes halogenated alkanes) is 11. The van der Waals surface area contributed by atoms with Crippen molar-refractivity contribution in [1.82, 2.24) is 5.32 Å². The SMILES string of the molecule is CCCCCCCCCCCCCCNC1(O)CCCC1. The highest BCUT2D eigenvalue weighted by Gasteiger charge is 2.29. The molecule has 0 saturated heterocycles. The quantitative estimate of drug-likeness (QED) is 0.326. The predicted molar refractivity (Wildman–Crippen MR) is 92.5 cm³/mol. The molecule has 21 heavy (non-hydrogen) atoms. The fraction of sp³-hybridized carbons (Fsp3) is 1.00. The van der Waals surface area contributed by atoms with E-state index in [4.69, 9.17) is 0 Å². The van der Waals surface area contributed by atoms with Crippen molar-refractivity contribution in [1.29, 1.82) is 0 Å². The highest BCUT2D eigenvalue weighted by atomic mass is 16.3. The van der Waals surface area contributed by atoms with Crippen molar-refractivity contribution in [3.63, 3.8) is 0 Å². The maximum atomic E-state index is 10.2. The lowest BCUT2D eigenvalue weighted by Gasteiger charge is -2.23. The molecule has 0 unspecified atom stereocenters. The maximum Gasteiger partial charge on any atom is 0.116 e. The van der Waals surface area contributed by atoms with Crippen LogP contribution < -0.4 is 5.32 Å². The molecule has 2 N–H and O–H groups in total. The third-order valence-electron chi connectivity index (χ3n) is 4.92. The topological polar surface area (TPSA) is 32.3 Å². The Kier molecular flexibility index (Phi) is 11.3. The summed E-state index contributed by atoms with van der Waals surface area (Å²) in [6.45, 7) is 3.28. The van der Waals surface area contributed by atoms with Crippen molar-refractivity contribution >= 4 is 0 Å². The van der Waals surface area contributed by atoms with Crippen molar-refractivity contribution in [2.24, 2.45) is 0 Å². The molecule has 0 aliphatic heterocycles. The number of hydrogen-bond donors (Lipinski definition) is 2. The number of nitrogens with one attached hydrogen (secondary N) is 1. The summed E-state index contributed by atoms with van der Waals surface area (Å²) in [6, 6.07) is 0. The van der Waals surface area contributed by atoms with Gasteiger partial charge in [-0.1, -0.05) is 77.6 Å². The van der Waals surface area contributed by atoms with Crippen molar-refractivity contribution < 1.29 is 5.11 Å². The van der Waals surface area contributed by atoms with E-state index in [0.29, 0.717) is 0 Å². The molecule has 2 heteroatoms. The van der Waals surface area contributed by atoms with E-state index < -0.39 is 5.72 Å². The molecule has 1 rings (SSSR count). The molecule has 126 valence electrons. The summed E-state index contributed by atoms with van der Waals surface area (Å²) < 4.78 is 0. The number of aliphatic hydroxyl groups is 1. The van der Waals surface area contributed by atoms with E-state index in [0.717, 1.165) is 19.4 Å². The Morgan fingerprint density at radius 1 is 0.714 bits per heavy atom. The minimum absolute atomic E-state index is 0.516. The third-order valence-corrected chi connectivity index (χ3v) is 4.92. The standard InChI is InChI=1S/C19H39NO/c1-2-3-4-5-6-7-8-9-10-11-12-15-18-20-19(21)16-13-14-17-19/h20-21H,2-18H2,1H3. The van der Waals surface area contributed by atoms with Gasteiger partial charge in [-0.25, -0.2) is 0 Å². The molecule has 2 nitrogen and oxygen atoms in total. The lowest BCUT2D eigenvalue weighted by molar-refractivity contribution is 0.0123. The van der Waals surface area contributed by atoms with Gasteiger partial charge in [0.1, 0.15) is 5.72 Å². The molecule has 0 amide bonds. The smallest absolute Gasteiger partial charge is 0.116 e. The summed E-state index contributed by atoms with van der Waals surface area (Å²) >= 11 is 0. The summed E-state index contributed by atoms with van der Waals surface area (Å²) in [5, 5.41) is 13.5. The summed E-state index contributed by atoms with van der Waals surface area (Å²) in [7, 11) is 0. The summed E-state index contributed by atoms with van der Waals surface area (Å²) in [5.41, 5.74) is -0.516. The van der Waals surface area contributed by atoms with Crippen molar-refractivity contribution in [3.8, 4) is 0 Å². The first-order valence-corrected chi connectivity index (χ1v) is 9.74. The Hall–Kier alpha value is -0.0800. The van der Waals surface area contributed by atoms with Gasteiger partial charge in [0.15, 0.2) is 0 Å². The number of rotatable bonds is 14. The van der Waals surface area contributed by atoms with Crippen LogP contribution in [0.15, 0.2) is 0 Å². The van der Waals surface area contributed by atoms with Crippen LogP contribution in [0, 0.1) is 0 Å². The van der Waals surface area contributed by atoms with Gasteiger partial charge >= 0.3 is 0 Å². The Morgan fingerprint density at radius 2 is 1.14 bits per heavy atom. The van der Waals surface area contributed by atoms with Gasteiger partial charge < -0.3 is 5.11 Å². The average Bonchev–Trinajstić information content (AvgIpc) is 2.91. The molecule has 0 aromatic heterocycles. The van der Waals surface area contributed by atoms with Gasteiger partial charge in [-0.2, -0.15) is 0 Å². The second kappa shape index (κ2) is 12.5. The van der Waals surface area contributed by atoms with Crippen molar-refractivity contribution in [2.75, 3.05) is 6.54 Å². The molecule has 0 radical (unpaired) electrons. The molecule has 1 aliphatic carbocycles. The largest absolute Gasteiger partial charge is 0.376 e. The zero-order valence-electron chi connectivity index (χ0n) is 14.5. The highest BCUT2D eigenvalue weighted by molar-refractivity contribution is 4.81. The molecule has 0 aromatic carbocycles. The Balaban J connectivity index is 1.73. The second-order valence-corrected chi connectivity index (χ2v) is 7.05. The predicted octanol–water partition coefficient (Wildman–Crippen LogP) is 5.54. The van der Waals surface area contributed by atoms with Gasteiger partial charge in [-0.15, -0.1) is 0 Å². The minimum atomic E-state index is -0.516. The highest BCUT2D eigenvalue weighted by Crippen LogP contribution is 2.26. The monoisotopic (exact) mass is 297 g/mol. The van der Waals surface area contributed by atoms with E-state index in [1.165, 1.54) is 89.9 Å². The van der Waals surface area contributed by atoms with Gasteiger partial charge in [-0.3, -0.25) is 5.32 Å². The first-order chi connectivity index (χ1) is 10.3. The van der Waals surface area contributed by atoms with Crippen LogP contribution in [0.5, 0.6) is 0 Å². The van der Waals surface area contributed by atoms with E-state index in [1.54, 1.807) is 0 Å². The van der Waals surface area contributed by atoms with Crippen LogP contribution in [0.1, 0.15) is 110 Å². The summed E-state index contributed by atoms with van der Waals surface area (Å²) in [4.78, 5) is 0. The molecule has 0 aromatic rings. The Bertz CT molecular complexity index is 224. The lowest BCUT2D eigenvalue weighted by atomic mass is 10.1. The van der Waals surface area contributed by atoms with Gasteiger partial charge in [0.25, 0.3) is 0 Å². The molecule has 1 fully saturated rings. The van der Waals surface area contributed by atoms with E-state index in [9.17, 15) is 5.11 Å². The fourth-order valence-electron chi connectivity index (χ4n) is 3.42. The molecule has 0 heterocycles. The zero-order valence-corrected chi connectivity index (χ0v) is 14.5. The minimum Gasteiger partial charge on any atom is -0.376 e. The van der Waals surface area contributed by atoms with Crippen LogP contribution >= 0.6 is 0 Å². The summed E-state index contributed by atoms with van der Waals surface area (Å²) in [6.07, 6.45) is 21.0. The zero-order chi connectivity index (χ0) is 15.2. The van der Waals surface area contributed by atoms with Gasteiger partial charge in [0.05, 0.1) is 0 Å². The van der Waals surface area contributed by atoms with E-state index >= 15 is 0 Å². The van der Waals surface area contributed by atoms with Crippen LogP contribution in [0.2, 0.25) is 0 Å². The second-order valence-electron chi connectivity index (χ2n) is 7.05. The van der Waals surface area contributed by atoms with Crippen LogP contribution in [0.3, 0.4) is 0 Å². The molecular weight excluding hydrogens is 258 g/mol. The van der Waals surface area contributed by atoms with Crippen LogP contribution in [0.4, 0.5) is 0 Å². The molecule has 1 aliphatic rings. The van der Waals surface area contributed by atoms with E-state index in [2.05, 4.69) is 12.2 Å². The van der Waals surface area contributed by atoms with Gasteiger partial charge in [0.2, 0.25) is 0 Å². The third kappa shape index (κ3) is 10.3. The first-order valence-electron chi connectivity index (χ1n) is 9.74. The molecule has 0 spiro atoms.